The van der Waals surface area contributed by atoms with Gasteiger partial charge in [-0.25, -0.2) is 9.78 Å². The minimum Gasteiger partial charge on any atom is -0.477 e. The lowest BCUT2D eigenvalue weighted by molar-refractivity contribution is -0.0818. The standard InChI is InChI=1S/C11H14N2O4/c14-11(15)10-5-8(1-2-12-10)13-6-9-7-16-3-4-17-9/h1-2,5,9H,3-4,6-7H2,(H,12,13)(H,14,15). The van der Waals surface area contributed by atoms with Crippen LogP contribution in [0.3, 0.4) is 0 Å². The summed E-state index contributed by atoms with van der Waals surface area (Å²) in [7, 11) is 0. The molecule has 1 atom stereocenters. The number of carbonyl (C=O) groups is 1. The summed E-state index contributed by atoms with van der Waals surface area (Å²) in [6.45, 7) is 2.38. The van der Waals surface area contributed by atoms with Crippen LogP contribution >= 0.6 is 0 Å². The first-order chi connectivity index (χ1) is 8.25. The van der Waals surface area contributed by atoms with Gasteiger partial charge >= 0.3 is 5.97 Å². The number of carboxylic acids is 1. The average Bonchev–Trinajstić information content (AvgIpc) is 2.38. The van der Waals surface area contributed by atoms with E-state index < -0.39 is 5.97 Å². The Hall–Kier alpha value is -1.66. The fourth-order valence-corrected chi connectivity index (χ4v) is 1.54. The van der Waals surface area contributed by atoms with Crippen LogP contribution in [0.5, 0.6) is 0 Å². The van der Waals surface area contributed by atoms with Gasteiger partial charge in [-0.05, 0) is 12.1 Å². The van der Waals surface area contributed by atoms with Crippen molar-refractivity contribution in [2.45, 2.75) is 6.10 Å². The molecule has 6 heteroatoms. The zero-order chi connectivity index (χ0) is 12.1. The Balaban J connectivity index is 1.89. The third kappa shape index (κ3) is 3.40. The van der Waals surface area contributed by atoms with Gasteiger partial charge in [0.1, 0.15) is 5.69 Å². The number of anilines is 1. The normalized spacial score (nSPS) is 19.9. The van der Waals surface area contributed by atoms with E-state index in [1.54, 1.807) is 6.07 Å². The van der Waals surface area contributed by atoms with Crippen molar-refractivity contribution in [1.82, 2.24) is 4.98 Å². The number of aromatic nitrogens is 1. The third-order valence-corrected chi connectivity index (χ3v) is 2.40. The molecule has 2 heterocycles. The van der Waals surface area contributed by atoms with E-state index in [4.69, 9.17) is 14.6 Å². The number of hydrogen-bond acceptors (Lipinski definition) is 5. The van der Waals surface area contributed by atoms with Crippen LogP contribution in [0.2, 0.25) is 0 Å². The smallest absolute Gasteiger partial charge is 0.354 e. The lowest BCUT2D eigenvalue weighted by Gasteiger charge is -2.23. The fraction of sp³-hybridized carbons (Fsp3) is 0.455. The minimum absolute atomic E-state index is 0.00481. The molecule has 17 heavy (non-hydrogen) atoms. The van der Waals surface area contributed by atoms with Gasteiger partial charge < -0.3 is 19.9 Å². The summed E-state index contributed by atoms with van der Waals surface area (Å²) in [6, 6.07) is 3.21. The summed E-state index contributed by atoms with van der Waals surface area (Å²) >= 11 is 0. The molecule has 2 rings (SSSR count). The Labute approximate surface area is 98.6 Å². The number of carboxylic acid groups (broad SMARTS) is 1. The van der Waals surface area contributed by atoms with Crippen LogP contribution in [0.4, 0.5) is 5.69 Å². The molecule has 1 aromatic heterocycles. The zero-order valence-corrected chi connectivity index (χ0v) is 9.26. The van der Waals surface area contributed by atoms with Gasteiger partial charge in [0.15, 0.2) is 0 Å². The van der Waals surface area contributed by atoms with Gasteiger partial charge in [-0.1, -0.05) is 0 Å². The molecule has 1 saturated heterocycles. The molecule has 1 aromatic rings. The lowest BCUT2D eigenvalue weighted by atomic mass is 10.3. The first-order valence-corrected chi connectivity index (χ1v) is 5.38. The number of ether oxygens (including phenoxy) is 2. The Morgan fingerprint density at radius 3 is 3.18 bits per heavy atom. The fourth-order valence-electron chi connectivity index (χ4n) is 1.54. The molecule has 1 unspecified atom stereocenters. The molecule has 0 aromatic carbocycles. The van der Waals surface area contributed by atoms with Crippen LogP contribution < -0.4 is 5.32 Å². The van der Waals surface area contributed by atoms with Crippen LogP contribution in [-0.2, 0) is 9.47 Å². The van der Waals surface area contributed by atoms with Gasteiger partial charge in [0, 0.05) is 18.4 Å². The SMILES string of the molecule is O=C(O)c1cc(NCC2COCCO2)ccn1. The van der Waals surface area contributed by atoms with E-state index in [0.717, 1.165) is 0 Å². The zero-order valence-electron chi connectivity index (χ0n) is 9.26. The van der Waals surface area contributed by atoms with Gasteiger partial charge in [0.25, 0.3) is 0 Å². The van der Waals surface area contributed by atoms with E-state index in [1.165, 1.54) is 12.3 Å². The van der Waals surface area contributed by atoms with E-state index in [1.807, 2.05) is 0 Å². The topological polar surface area (TPSA) is 80.7 Å². The summed E-state index contributed by atoms with van der Waals surface area (Å²) in [5, 5.41) is 11.9. The van der Waals surface area contributed by atoms with Crippen molar-refractivity contribution in [1.29, 1.82) is 0 Å². The average molecular weight is 238 g/mol. The van der Waals surface area contributed by atoms with E-state index in [0.29, 0.717) is 32.1 Å². The Morgan fingerprint density at radius 1 is 1.59 bits per heavy atom. The molecule has 1 fully saturated rings. The Bertz CT molecular complexity index is 391. The van der Waals surface area contributed by atoms with Crippen molar-refractivity contribution in [3.8, 4) is 0 Å². The van der Waals surface area contributed by atoms with Crippen LogP contribution in [0.1, 0.15) is 10.5 Å². The maximum absolute atomic E-state index is 10.7. The molecule has 1 aliphatic heterocycles. The lowest BCUT2D eigenvalue weighted by Crippen LogP contribution is -2.34. The summed E-state index contributed by atoms with van der Waals surface area (Å²) < 4.78 is 10.7. The molecule has 92 valence electrons. The molecule has 0 radical (unpaired) electrons. The molecule has 1 aliphatic rings. The van der Waals surface area contributed by atoms with Gasteiger partial charge in [-0.3, -0.25) is 0 Å². The number of nitrogens with one attached hydrogen (secondary N) is 1. The predicted molar refractivity (Wildman–Crippen MR) is 60.2 cm³/mol. The second-order valence-electron chi connectivity index (χ2n) is 3.68. The summed E-state index contributed by atoms with van der Waals surface area (Å²) in [5.41, 5.74) is 0.738. The van der Waals surface area contributed by atoms with Gasteiger partial charge in [0.2, 0.25) is 0 Å². The molecular formula is C11H14N2O4. The monoisotopic (exact) mass is 238 g/mol. The molecular weight excluding hydrogens is 224 g/mol. The number of pyridine rings is 1. The first kappa shape index (κ1) is 11.8. The maximum atomic E-state index is 10.7. The highest BCUT2D eigenvalue weighted by Crippen LogP contribution is 2.09. The highest BCUT2D eigenvalue weighted by Gasteiger charge is 2.14. The van der Waals surface area contributed by atoms with Crippen molar-refractivity contribution < 1.29 is 19.4 Å². The van der Waals surface area contributed by atoms with Gasteiger partial charge in [-0.15, -0.1) is 0 Å². The number of aromatic carboxylic acids is 1. The number of hydrogen-bond donors (Lipinski definition) is 2. The Kier molecular flexibility index (Phi) is 3.89. The Morgan fingerprint density at radius 2 is 2.47 bits per heavy atom. The van der Waals surface area contributed by atoms with E-state index in [9.17, 15) is 4.79 Å². The van der Waals surface area contributed by atoms with Crippen molar-refractivity contribution in [2.75, 3.05) is 31.7 Å². The van der Waals surface area contributed by atoms with Crippen LogP contribution in [0.25, 0.3) is 0 Å². The van der Waals surface area contributed by atoms with Crippen molar-refractivity contribution in [3.05, 3.63) is 24.0 Å². The largest absolute Gasteiger partial charge is 0.477 e. The molecule has 0 amide bonds. The third-order valence-electron chi connectivity index (χ3n) is 2.40. The van der Waals surface area contributed by atoms with Crippen LogP contribution in [0, 0.1) is 0 Å². The van der Waals surface area contributed by atoms with Gasteiger partial charge in [-0.2, -0.15) is 0 Å². The van der Waals surface area contributed by atoms with Crippen LogP contribution in [0.15, 0.2) is 18.3 Å². The summed E-state index contributed by atoms with van der Waals surface area (Å²) in [6.07, 6.45) is 1.47. The molecule has 0 saturated carbocycles. The molecule has 0 aliphatic carbocycles. The van der Waals surface area contributed by atoms with E-state index in [2.05, 4.69) is 10.3 Å². The van der Waals surface area contributed by atoms with E-state index >= 15 is 0 Å². The summed E-state index contributed by atoms with van der Waals surface area (Å²) in [5.74, 6) is -1.04. The second-order valence-corrected chi connectivity index (χ2v) is 3.68. The molecule has 0 spiro atoms. The molecule has 2 N–H and O–H groups in total. The van der Waals surface area contributed by atoms with E-state index in [-0.39, 0.29) is 11.8 Å². The number of rotatable bonds is 4. The van der Waals surface area contributed by atoms with Crippen molar-refractivity contribution in [3.63, 3.8) is 0 Å². The van der Waals surface area contributed by atoms with Crippen molar-refractivity contribution in [2.24, 2.45) is 0 Å². The van der Waals surface area contributed by atoms with Crippen molar-refractivity contribution >= 4 is 11.7 Å². The highest BCUT2D eigenvalue weighted by atomic mass is 16.6. The molecule has 0 bridgehead atoms. The van der Waals surface area contributed by atoms with Crippen LogP contribution in [-0.4, -0.2) is 48.5 Å². The second kappa shape index (κ2) is 5.60. The minimum atomic E-state index is -1.04. The first-order valence-electron chi connectivity index (χ1n) is 5.38. The van der Waals surface area contributed by atoms with Gasteiger partial charge in [0.05, 0.1) is 25.9 Å². The summed E-state index contributed by atoms with van der Waals surface area (Å²) in [4.78, 5) is 14.5. The predicted octanol–water partition coefficient (Wildman–Crippen LogP) is 0.607. The highest BCUT2D eigenvalue weighted by molar-refractivity contribution is 5.86. The number of nitrogens with zero attached hydrogens (tertiary/aromatic N) is 1. The maximum Gasteiger partial charge on any atom is 0.354 e. The molecule has 6 nitrogen and oxygen atoms in total. The quantitative estimate of drug-likeness (QED) is 0.799.